The Bertz CT molecular complexity index is 1120. The molecule has 2 aromatic carbocycles. The molecule has 31 heavy (non-hydrogen) atoms. The lowest BCUT2D eigenvalue weighted by Crippen LogP contribution is -2.46. The number of hydrogen-bond donors (Lipinski definition) is 1. The van der Waals surface area contributed by atoms with E-state index in [-0.39, 0.29) is 11.8 Å². The lowest BCUT2D eigenvalue weighted by molar-refractivity contribution is 0.205. The number of aromatic nitrogens is 2. The van der Waals surface area contributed by atoms with Gasteiger partial charge in [-0.3, -0.25) is 4.90 Å². The second-order valence-electron chi connectivity index (χ2n) is 7.24. The summed E-state index contributed by atoms with van der Waals surface area (Å²) in [6.07, 6.45) is 0.790. The molecule has 1 aromatic heterocycles. The van der Waals surface area contributed by atoms with Crippen molar-refractivity contribution in [2.75, 3.05) is 13.7 Å². The van der Waals surface area contributed by atoms with Crippen LogP contribution in [-0.2, 0) is 0 Å². The summed E-state index contributed by atoms with van der Waals surface area (Å²) >= 11 is 0. The van der Waals surface area contributed by atoms with Crippen molar-refractivity contribution in [3.63, 3.8) is 0 Å². The van der Waals surface area contributed by atoms with E-state index in [1.54, 1.807) is 24.1 Å². The van der Waals surface area contributed by atoms with Crippen LogP contribution in [0.25, 0.3) is 17.0 Å². The zero-order chi connectivity index (χ0) is 22.0. The van der Waals surface area contributed by atoms with Gasteiger partial charge in [-0.1, -0.05) is 36.3 Å². The van der Waals surface area contributed by atoms with Gasteiger partial charge in [-0.25, -0.2) is 9.18 Å². The lowest BCUT2D eigenvalue weighted by atomic mass is 9.94. The van der Waals surface area contributed by atoms with Crippen LogP contribution in [0.4, 0.5) is 9.18 Å². The third-order valence-electron chi connectivity index (χ3n) is 5.23. The second kappa shape index (κ2) is 8.59. The van der Waals surface area contributed by atoms with Gasteiger partial charge in [0.25, 0.3) is 5.89 Å². The maximum Gasteiger partial charge on any atom is 0.322 e. The molecular formula is C23H23FN4O3. The molecule has 0 spiro atoms. The molecule has 8 heteroatoms. The minimum absolute atomic E-state index is 0.218. The van der Waals surface area contributed by atoms with Crippen LogP contribution < -0.4 is 10.1 Å². The number of allylic oxidation sites excluding steroid dienone is 1. The smallest absolute Gasteiger partial charge is 0.322 e. The number of rotatable bonds is 6. The summed E-state index contributed by atoms with van der Waals surface area (Å²) in [6.45, 7) is 4.41. The first-order valence-electron chi connectivity index (χ1n) is 10.0. The lowest BCUT2D eigenvalue weighted by Gasteiger charge is -2.35. The summed E-state index contributed by atoms with van der Waals surface area (Å²) in [5.41, 5.74) is 2.87. The van der Waals surface area contributed by atoms with E-state index >= 15 is 0 Å². The number of carbonyl (C=O) groups is 1. The van der Waals surface area contributed by atoms with Crippen molar-refractivity contribution in [1.29, 1.82) is 0 Å². The largest absolute Gasteiger partial charge is 0.497 e. The third kappa shape index (κ3) is 4.01. The molecule has 0 fully saturated rings. The van der Waals surface area contributed by atoms with Crippen LogP contribution in [0, 0.1) is 5.82 Å². The van der Waals surface area contributed by atoms with Crippen molar-refractivity contribution in [3.05, 3.63) is 71.5 Å². The molecule has 0 aliphatic carbocycles. The van der Waals surface area contributed by atoms with Crippen molar-refractivity contribution in [1.82, 2.24) is 20.4 Å². The topological polar surface area (TPSA) is 80.5 Å². The Labute approximate surface area is 179 Å². The Morgan fingerprint density at radius 1 is 1.23 bits per heavy atom. The van der Waals surface area contributed by atoms with Crippen molar-refractivity contribution < 1.29 is 18.4 Å². The molecule has 2 heterocycles. The molecule has 0 radical (unpaired) electrons. The van der Waals surface area contributed by atoms with Gasteiger partial charge in [-0.15, -0.1) is 0 Å². The van der Waals surface area contributed by atoms with E-state index < -0.39 is 6.04 Å². The fourth-order valence-electron chi connectivity index (χ4n) is 3.67. The first kappa shape index (κ1) is 20.6. The minimum Gasteiger partial charge on any atom is -0.497 e. The van der Waals surface area contributed by atoms with E-state index in [0.29, 0.717) is 29.6 Å². The predicted octanol–water partition coefficient (Wildman–Crippen LogP) is 4.79. The van der Waals surface area contributed by atoms with Crippen molar-refractivity contribution >= 4 is 11.6 Å². The molecule has 3 aromatic rings. The minimum atomic E-state index is -0.542. The van der Waals surface area contributed by atoms with Crippen molar-refractivity contribution in [3.8, 4) is 17.1 Å². The predicted molar refractivity (Wildman–Crippen MR) is 114 cm³/mol. The molecular weight excluding hydrogens is 399 g/mol. The highest BCUT2D eigenvalue weighted by Crippen LogP contribution is 2.37. The average Bonchev–Trinajstić information content (AvgIpc) is 3.26. The summed E-state index contributed by atoms with van der Waals surface area (Å²) < 4.78 is 24.4. The van der Waals surface area contributed by atoms with Crippen molar-refractivity contribution in [2.45, 2.75) is 26.3 Å². The molecule has 1 atom stereocenters. The van der Waals surface area contributed by atoms with E-state index in [2.05, 4.69) is 15.5 Å². The Balaban J connectivity index is 1.80. The van der Waals surface area contributed by atoms with Crippen LogP contribution in [0.2, 0.25) is 0 Å². The number of methoxy groups -OCH3 is 1. The molecule has 160 valence electrons. The van der Waals surface area contributed by atoms with E-state index in [9.17, 15) is 9.18 Å². The highest BCUT2D eigenvalue weighted by molar-refractivity contribution is 5.86. The normalized spacial score (nSPS) is 16.5. The SMILES string of the molecule is CCCN1C(=O)NC(c2ccc(F)cc2)C(c2nc(-c3cccc(OC)c3)no2)=C1C. The number of amides is 2. The number of nitrogens with zero attached hydrogens (tertiary/aromatic N) is 3. The van der Waals surface area contributed by atoms with Crippen LogP contribution >= 0.6 is 0 Å². The maximum absolute atomic E-state index is 13.5. The quantitative estimate of drug-likeness (QED) is 0.618. The van der Waals surface area contributed by atoms with E-state index in [4.69, 9.17) is 9.26 Å². The first-order valence-corrected chi connectivity index (χ1v) is 10.0. The number of carbonyl (C=O) groups excluding carboxylic acids is 1. The zero-order valence-corrected chi connectivity index (χ0v) is 17.6. The molecule has 1 N–H and O–H groups in total. The van der Waals surface area contributed by atoms with Gasteiger partial charge >= 0.3 is 6.03 Å². The van der Waals surface area contributed by atoms with Gasteiger partial charge in [0, 0.05) is 17.8 Å². The summed E-state index contributed by atoms with van der Waals surface area (Å²) in [5, 5.41) is 7.13. The van der Waals surface area contributed by atoms with Gasteiger partial charge in [-0.2, -0.15) is 4.98 Å². The fourth-order valence-corrected chi connectivity index (χ4v) is 3.67. The number of halogens is 1. The highest BCUT2D eigenvalue weighted by Gasteiger charge is 2.35. The van der Waals surface area contributed by atoms with Gasteiger partial charge < -0.3 is 14.6 Å². The summed E-state index contributed by atoms with van der Waals surface area (Å²) in [6, 6.07) is 12.6. The number of urea groups is 1. The summed E-state index contributed by atoms with van der Waals surface area (Å²) in [7, 11) is 1.59. The Morgan fingerprint density at radius 2 is 2.00 bits per heavy atom. The van der Waals surface area contributed by atoms with Crippen LogP contribution in [-0.4, -0.2) is 34.7 Å². The molecule has 2 amide bonds. The zero-order valence-electron chi connectivity index (χ0n) is 17.6. The Kier molecular flexibility index (Phi) is 5.70. The summed E-state index contributed by atoms with van der Waals surface area (Å²) in [5.74, 6) is 1.04. The van der Waals surface area contributed by atoms with E-state index in [1.807, 2.05) is 38.1 Å². The summed E-state index contributed by atoms with van der Waals surface area (Å²) in [4.78, 5) is 19.0. The van der Waals surface area contributed by atoms with Gasteiger partial charge in [0.05, 0.1) is 18.7 Å². The molecule has 7 nitrogen and oxygen atoms in total. The standard InChI is InChI=1S/C23H23FN4O3/c1-4-12-28-14(2)19(20(25-23(28)29)15-8-10-17(24)11-9-15)22-26-21(27-31-22)16-6-5-7-18(13-16)30-3/h5-11,13,20H,4,12H2,1-3H3,(H,25,29). The molecule has 1 aliphatic rings. The van der Waals surface area contributed by atoms with Gasteiger partial charge in [0.2, 0.25) is 5.82 Å². The molecule has 0 saturated carbocycles. The average molecular weight is 422 g/mol. The van der Waals surface area contributed by atoms with Crippen LogP contribution in [0.1, 0.15) is 37.8 Å². The Morgan fingerprint density at radius 3 is 2.71 bits per heavy atom. The van der Waals surface area contributed by atoms with E-state index in [1.165, 1.54) is 12.1 Å². The number of benzene rings is 2. The van der Waals surface area contributed by atoms with Gasteiger partial charge in [0.15, 0.2) is 0 Å². The number of ether oxygens (including phenoxy) is 1. The third-order valence-corrected chi connectivity index (χ3v) is 5.23. The maximum atomic E-state index is 13.5. The molecule has 4 rings (SSSR count). The van der Waals surface area contributed by atoms with Crippen molar-refractivity contribution in [2.24, 2.45) is 0 Å². The monoisotopic (exact) mass is 422 g/mol. The van der Waals surface area contributed by atoms with Crippen LogP contribution in [0.5, 0.6) is 5.75 Å². The molecule has 1 unspecified atom stereocenters. The number of hydrogen-bond acceptors (Lipinski definition) is 5. The van der Waals surface area contributed by atoms with Crippen LogP contribution in [0.15, 0.2) is 58.8 Å². The fraction of sp³-hybridized carbons (Fsp3) is 0.261. The molecule has 0 bridgehead atoms. The highest BCUT2D eigenvalue weighted by atomic mass is 19.1. The second-order valence-corrected chi connectivity index (χ2v) is 7.24. The van der Waals surface area contributed by atoms with E-state index in [0.717, 1.165) is 23.2 Å². The van der Waals surface area contributed by atoms with Gasteiger partial charge in [0.1, 0.15) is 11.6 Å². The van der Waals surface area contributed by atoms with Crippen LogP contribution in [0.3, 0.4) is 0 Å². The molecule has 1 aliphatic heterocycles. The van der Waals surface area contributed by atoms with Gasteiger partial charge in [-0.05, 0) is 43.2 Å². The first-order chi connectivity index (χ1) is 15.0. The molecule has 0 saturated heterocycles. The number of nitrogens with one attached hydrogen (secondary N) is 1. The Hall–Kier alpha value is -3.68.